The van der Waals surface area contributed by atoms with Crippen molar-refractivity contribution in [3.05, 3.63) is 82.2 Å². The molecule has 10 heteroatoms. The van der Waals surface area contributed by atoms with Crippen LogP contribution in [0.15, 0.2) is 59.8 Å². The number of amides is 1. The average Bonchev–Trinajstić information content (AvgIpc) is 3.26. The van der Waals surface area contributed by atoms with Crippen LogP contribution in [0, 0.1) is 0 Å². The summed E-state index contributed by atoms with van der Waals surface area (Å²) in [6.07, 6.45) is -2.16. The summed E-state index contributed by atoms with van der Waals surface area (Å²) in [5, 5.41) is 8.27. The van der Waals surface area contributed by atoms with Crippen LogP contribution in [0.1, 0.15) is 21.6 Å². The van der Waals surface area contributed by atoms with Gasteiger partial charge in [0, 0.05) is 18.2 Å². The van der Waals surface area contributed by atoms with Gasteiger partial charge < -0.3 is 5.32 Å². The lowest BCUT2D eigenvalue weighted by molar-refractivity contribution is -0.140. The van der Waals surface area contributed by atoms with Crippen LogP contribution in [0.2, 0.25) is 0 Å². The van der Waals surface area contributed by atoms with Gasteiger partial charge in [0.05, 0.1) is 30.0 Å². The first-order valence-electron chi connectivity index (χ1n) is 9.19. The molecule has 0 fully saturated rings. The smallest absolute Gasteiger partial charge is 0.355 e. The molecule has 0 radical (unpaired) electrons. The number of hydrogen-bond donors (Lipinski definition) is 2. The van der Waals surface area contributed by atoms with E-state index in [0.717, 1.165) is 11.8 Å². The van der Waals surface area contributed by atoms with Crippen LogP contribution < -0.4 is 10.9 Å². The lowest BCUT2D eigenvalue weighted by Gasteiger charge is -2.10. The van der Waals surface area contributed by atoms with Gasteiger partial charge in [-0.2, -0.15) is 18.3 Å². The van der Waals surface area contributed by atoms with E-state index in [0.29, 0.717) is 5.56 Å². The van der Waals surface area contributed by atoms with Crippen molar-refractivity contribution in [1.82, 2.24) is 25.1 Å². The number of carbonyl (C=O) groups excluding carboxylic acids is 1. The van der Waals surface area contributed by atoms with E-state index in [1.807, 2.05) is 5.10 Å². The van der Waals surface area contributed by atoms with E-state index in [9.17, 15) is 22.8 Å². The van der Waals surface area contributed by atoms with Crippen molar-refractivity contribution in [2.45, 2.75) is 12.7 Å². The Bertz CT molecular complexity index is 1340. The first kappa shape index (κ1) is 20.3. The third-order valence-electron chi connectivity index (χ3n) is 4.83. The molecule has 4 aromatic rings. The zero-order valence-corrected chi connectivity index (χ0v) is 16.2. The third-order valence-corrected chi connectivity index (χ3v) is 4.83. The van der Waals surface area contributed by atoms with Crippen LogP contribution in [0.5, 0.6) is 0 Å². The molecular weight excluding hydrogens is 411 g/mol. The fraction of sp³-hybridized carbons (Fsp3) is 0.143. The number of hydrogen-bond acceptors (Lipinski definition) is 4. The van der Waals surface area contributed by atoms with Gasteiger partial charge >= 0.3 is 6.18 Å². The topological polar surface area (TPSA) is 92.7 Å². The van der Waals surface area contributed by atoms with Crippen molar-refractivity contribution in [1.29, 1.82) is 0 Å². The van der Waals surface area contributed by atoms with Gasteiger partial charge in [-0.15, -0.1) is 0 Å². The maximum absolute atomic E-state index is 13.1. The summed E-state index contributed by atoms with van der Waals surface area (Å²) in [7, 11) is 1.53. The quantitative estimate of drug-likeness (QED) is 0.523. The highest BCUT2D eigenvalue weighted by Crippen LogP contribution is 2.35. The van der Waals surface area contributed by atoms with Crippen LogP contribution in [0.25, 0.3) is 22.0 Å². The van der Waals surface area contributed by atoms with Gasteiger partial charge in [-0.3, -0.25) is 19.3 Å². The lowest BCUT2D eigenvalue weighted by atomic mass is 10.0. The number of nitrogens with one attached hydrogen (secondary N) is 2. The number of halogens is 3. The van der Waals surface area contributed by atoms with E-state index in [1.54, 1.807) is 24.3 Å². The van der Waals surface area contributed by atoms with E-state index in [2.05, 4.69) is 15.4 Å². The molecule has 2 aromatic heterocycles. The number of carbonyl (C=O) groups is 1. The normalized spacial score (nSPS) is 11.6. The SMILES string of the molecule is CNC(=O)c1cccc(Cn2cnc3cc(-c4cn[nH]c4C(F)(F)F)ccc3c2=O)c1. The van der Waals surface area contributed by atoms with Gasteiger partial charge in [-0.25, -0.2) is 4.98 Å². The molecule has 31 heavy (non-hydrogen) atoms. The number of nitrogens with zero attached hydrogens (tertiary/aromatic N) is 3. The van der Waals surface area contributed by atoms with Gasteiger partial charge in [0.15, 0.2) is 0 Å². The molecule has 0 atom stereocenters. The van der Waals surface area contributed by atoms with E-state index in [1.165, 1.54) is 36.1 Å². The molecule has 2 N–H and O–H groups in total. The number of alkyl halides is 3. The maximum Gasteiger partial charge on any atom is 0.433 e. The molecule has 2 heterocycles. The number of fused-ring (bicyclic) bond motifs is 1. The highest BCUT2D eigenvalue weighted by Gasteiger charge is 2.35. The lowest BCUT2D eigenvalue weighted by Crippen LogP contribution is -2.22. The molecule has 2 aromatic carbocycles. The molecule has 1 amide bonds. The Morgan fingerprint density at radius 3 is 2.74 bits per heavy atom. The summed E-state index contributed by atoms with van der Waals surface area (Å²) >= 11 is 0. The first-order chi connectivity index (χ1) is 14.8. The number of benzene rings is 2. The minimum absolute atomic E-state index is 0.119. The monoisotopic (exact) mass is 427 g/mol. The predicted molar refractivity (Wildman–Crippen MR) is 108 cm³/mol. The largest absolute Gasteiger partial charge is 0.433 e. The van der Waals surface area contributed by atoms with E-state index >= 15 is 0 Å². The predicted octanol–water partition coefficient (Wildman–Crippen LogP) is 3.21. The fourth-order valence-corrected chi connectivity index (χ4v) is 3.31. The summed E-state index contributed by atoms with van der Waals surface area (Å²) in [5.74, 6) is -0.240. The highest BCUT2D eigenvalue weighted by molar-refractivity contribution is 5.94. The van der Waals surface area contributed by atoms with Crippen LogP contribution in [0.3, 0.4) is 0 Å². The molecule has 0 aliphatic rings. The average molecular weight is 427 g/mol. The molecule has 0 saturated carbocycles. The molecule has 0 saturated heterocycles. The number of H-pyrrole nitrogens is 1. The maximum atomic E-state index is 13.1. The first-order valence-corrected chi connectivity index (χ1v) is 9.19. The minimum atomic E-state index is -4.58. The van der Waals surface area contributed by atoms with Crippen molar-refractivity contribution >= 4 is 16.8 Å². The summed E-state index contributed by atoms with van der Waals surface area (Å²) in [6.45, 7) is 0.189. The van der Waals surface area contributed by atoms with Crippen molar-refractivity contribution in [3.63, 3.8) is 0 Å². The Morgan fingerprint density at radius 1 is 1.19 bits per heavy atom. The van der Waals surface area contributed by atoms with Gasteiger partial charge in [0.2, 0.25) is 0 Å². The second-order valence-corrected chi connectivity index (χ2v) is 6.85. The zero-order chi connectivity index (χ0) is 22.2. The Labute approximate surface area is 173 Å². The third kappa shape index (κ3) is 3.91. The second kappa shape index (κ2) is 7.71. The van der Waals surface area contributed by atoms with E-state index in [4.69, 9.17) is 0 Å². The van der Waals surface area contributed by atoms with Crippen LogP contribution in [-0.2, 0) is 12.7 Å². The molecule has 0 spiro atoms. The molecule has 7 nitrogen and oxygen atoms in total. The van der Waals surface area contributed by atoms with Gasteiger partial charge in [0.25, 0.3) is 11.5 Å². The summed E-state index contributed by atoms with van der Waals surface area (Å²) in [6, 6.07) is 11.1. The molecular formula is C21H16F3N5O2. The minimum Gasteiger partial charge on any atom is -0.355 e. The van der Waals surface area contributed by atoms with Gasteiger partial charge in [-0.05, 0) is 35.4 Å². The summed E-state index contributed by atoms with van der Waals surface area (Å²) in [5.41, 5.74) is 0.289. The zero-order valence-electron chi connectivity index (χ0n) is 16.2. The Hall–Kier alpha value is -3.95. The van der Waals surface area contributed by atoms with Crippen molar-refractivity contribution in [3.8, 4) is 11.1 Å². The Morgan fingerprint density at radius 2 is 2.00 bits per heavy atom. The molecule has 0 bridgehead atoms. The van der Waals surface area contributed by atoms with Crippen LogP contribution in [0.4, 0.5) is 13.2 Å². The molecule has 4 rings (SSSR count). The highest BCUT2D eigenvalue weighted by atomic mass is 19.4. The molecule has 0 aliphatic carbocycles. The second-order valence-electron chi connectivity index (χ2n) is 6.85. The standard InChI is InChI=1S/C21H16F3N5O2/c1-25-19(30)14-4-2-3-12(7-14)10-29-11-26-17-8-13(5-6-15(17)20(29)31)16-9-27-28-18(16)21(22,23)24/h2-9,11H,10H2,1H3,(H,25,30)(H,27,28). The number of aromatic nitrogens is 4. The van der Waals surface area contributed by atoms with E-state index < -0.39 is 11.9 Å². The summed E-state index contributed by atoms with van der Waals surface area (Å²) < 4.78 is 40.8. The van der Waals surface area contributed by atoms with Crippen molar-refractivity contribution in [2.75, 3.05) is 7.05 Å². The van der Waals surface area contributed by atoms with E-state index in [-0.39, 0.29) is 40.0 Å². The molecule has 0 unspecified atom stereocenters. The molecule has 158 valence electrons. The summed E-state index contributed by atoms with van der Waals surface area (Å²) in [4.78, 5) is 28.9. The van der Waals surface area contributed by atoms with Crippen LogP contribution >= 0.6 is 0 Å². The van der Waals surface area contributed by atoms with Gasteiger partial charge in [-0.1, -0.05) is 18.2 Å². The Balaban J connectivity index is 1.70. The van der Waals surface area contributed by atoms with Crippen LogP contribution in [-0.4, -0.2) is 32.7 Å². The molecule has 0 aliphatic heterocycles. The van der Waals surface area contributed by atoms with Gasteiger partial charge in [0.1, 0.15) is 5.69 Å². The van der Waals surface area contributed by atoms with Crippen molar-refractivity contribution < 1.29 is 18.0 Å². The number of aromatic amines is 1. The van der Waals surface area contributed by atoms with Crippen molar-refractivity contribution in [2.24, 2.45) is 0 Å². The fourth-order valence-electron chi connectivity index (χ4n) is 3.31. The number of rotatable bonds is 4. The Kier molecular flexibility index (Phi) is 5.05.